The predicted octanol–water partition coefficient (Wildman–Crippen LogP) is 12.3. The van der Waals surface area contributed by atoms with Gasteiger partial charge in [0.1, 0.15) is 13.2 Å². The minimum absolute atomic E-state index is 0.0712. The fourth-order valence-electron chi connectivity index (χ4n) is 5.67. The van der Waals surface area contributed by atoms with E-state index >= 15 is 0 Å². The summed E-state index contributed by atoms with van der Waals surface area (Å²) in [6.07, 6.45) is 36.5. The van der Waals surface area contributed by atoms with Crippen LogP contribution in [-0.4, -0.2) is 37.2 Å². The fourth-order valence-corrected chi connectivity index (χ4v) is 5.67. The highest BCUT2D eigenvalue weighted by Gasteiger charge is 2.19. The Labute approximate surface area is 290 Å². The summed E-state index contributed by atoms with van der Waals surface area (Å²) in [5, 5.41) is 0. The third-order valence-corrected chi connectivity index (χ3v) is 8.77. The van der Waals surface area contributed by atoms with Gasteiger partial charge in [0.2, 0.25) is 0 Å². The van der Waals surface area contributed by atoms with E-state index in [1.807, 2.05) is 0 Å². The van der Waals surface area contributed by atoms with Crippen molar-refractivity contribution < 1.29 is 28.6 Å². The number of carbonyl (C=O) groups excluding carboxylic acids is 3. The SMILES string of the molecule is CCCCCC/C=C\CCCCCCCC(=O)OCC(COC(=O)CCCCCCC)OC(=O)CCCCCCCCCCCCC. The number of hydrogen-bond acceptors (Lipinski definition) is 6. The van der Waals surface area contributed by atoms with Gasteiger partial charge in [0, 0.05) is 19.3 Å². The molecule has 0 fully saturated rings. The highest BCUT2D eigenvalue weighted by Crippen LogP contribution is 2.14. The molecule has 0 bridgehead atoms. The summed E-state index contributed by atoms with van der Waals surface area (Å²) in [4.78, 5) is 37.2. The van der Waals surface area contributed by atoms with E-state index in [-0.39, 0.29) is 31.1 Å². The molecule has 47 heavy (non-hydrogen) atoms. The van der Waals surface area contributed by atoms with Gasteiger partial charge in [0.25, 0.3) is 0 Å². The summed E-state index contributed by atoms with van der Waals surface area (Å²) in [5.41, 5.74) is 0. The Morgan fingerprint density at radius 1 is 0.404 bits per heavy atom. The molecule has 0 saturated carbocycles. The molecule has 1 unspecified atom stereocenters. The molecular formula is C41H76O6. The van der Waals surface area contributed by atoms with Crippen molar-refractivity contribution in [1.29, 1.82) is 0 Å². The van der Waals surface area contributed by atoms with Gasteiger partial charge in [-0.05, 0) is 44.9 Å². The molecule has 0 saturated heterocycles. The van der Waals surface area contributed by atoms with Crippen LogP contribution in [0.4, 0.5) is 0 Å². The Morgan fingerprint density at radius 3 is 1.09 bits per heavy atom. The molecule has 0 radical (unpaired) electrons. The van der Waals surface area contributed by atoms with Crippen molar-refractivity contribution in [3.8, 4) is 0 Å². The van der Waals surface area contributed by atoms with Gasteiger partial charge < -0.3 is 14.2 Å². The lowest BCUT2D eigenvalue weighted by atomic mass is 10.1. The molecule has 0 aromatic rings. The molecule has 6 nitrogen and oxygen atoms in total. The normalized spacial score (nSPS) is 12.0. The van der Waals surface area contributed by atoms with Gasteiger partial charge in [-0.25, -0.2) is 0 Å². The Bertz CT molecular complexity index is 733. The van der Waals surface area contributed by atoms with Crippen LogP contribution in [0.25, 0.3) is 0 Å². The van der Waals surface area contributed by atoms with Crippen LogP contribution in [0.3, 0.4) is 0 Å². The van der Waals surface area contributed by atoms with Gasteiger partial charge >= 0.3 is 17.9 Å². The van der Waals surface area contributed by atoms with E-state index in [0.29, 0.717) is 19.3 Å². The van der Waals surface area contributed by atoms with E-state index in [1.165, 1.54) is 103 Å². The quantitative estimate of drug-likeness (QED) is 0.0287. The van der Waals surface area contributed by atoms with E-state index in [4.69, 9.17) is 14.2 Å². The molecule has 0 aliphatic rings. The Kier molecular flexibility index (Phi) is 35.5. The van der Waals surface area contributed by atoms with Crippen LogP contribution in [-0.2, 0) is 28.6 Å². The summed E-state index contributed by atoms with van der Waals surface area (Å²) in [7, 11) is 0. The molecule has 0 aromatic heterocycles. The summed E-state index contributed by atoms with van der Waals surface area (Å²) >= 11 is 0. The zero-order chi connectivity index (χ0) is 34.5. The van der Waals surface area contributed by atoms with Crippen LogP contribution >= 0.6 is 0 Å². The predicted molar refractivity (Wildman–Crippen MR) is 196 cm³/mol. The summed E-state index contributed by atoms with van der Waals surface area (Å²) in [6.45, 7) is 6.51. The molecule has 0 amide bonds. The molecule has 0 rings (SSSR count). The van der Waals surface area contributed by atoms with Gasteiger partial charge in [-0.2, -0.15) is 0 Å². The molecule has 0 aliphatic carbocycles. The lowest BCUT2D eigenvalue weighted by molar-refractivity contribution is -0.167. The van der Waals surface area contributed by atoms with E-state index in [2.05, 4.69) is 32.9 Å². The van der Waals surface area contributed by atoms with Gasteiger partial charge in [0.05, 0.1) is 0 Å². The minimum atomic E-state index is -0.761. The minimum Gasteiger partial charge on any atom is -0.462 e. The maximum absolute atomic E-state index is 12.6. The second kappa shape index (κ2) is 37.0. The molecule has 0 aromatic carbocycles. The Balaban J connectivity index is 4.27. The van der Waals surface area contributed by atoms with Crippen molar-refractivity contribution in [3.63, 3.8) is 0 Å². The Morgan fingerprint density at radius 2 is 0.702 bits per heavy atom. The summed E-state index contributed by atoms with van der Waals surface area (Å²) in [6, 6.07) is 0. The average Bonchev–Trinajstić information content (AvgIpc) is 3.06. The molecular weight excluding hydrogens is 588 g/mol. The second-order valence-corrected chi connectivity index (χ2v) is 13.6. The van der Waals surface area contributed by atoms with E-state index < -0.39 is 6.10 Å². The van der Waals surface area contributed by atoms with Crippen molar-refractivity contribution in [2.24, 2.45) is 0 Å². The molecule has 0 spiro atoms. The lowest BCUT2D eigenvalue weighted by Crippen LogP contribution is -2.30. The molecule has 0 heterocycles. The molecule has 1 atom stereocenters. The number of carbonyl (C=O) groups is 3. The van der Waals surface area contributed by atoms with Crippen molar-refractivity contribution in [2.75, 3.05) is 13.2 Å². The van der Waals surface area contributed by atoms with E-state index in [9.17, 15) is 14.4 Å². The number of esters is 3. The van der Waals surface area contributed by atoms with Crippen LogP contribution in [0.15, 0.2) is 12.2 Å². The van der Waals surface area contributed by atoms with Crippen molar-refractivity contribution in [1.82, 2.24) is 0 Å². The number of rotatable bonds is 36. The van der Waals surface area contributed by atoms with Gasteiger partial charge in [-0.3, -0.25) is 14.4 Å². The monoisotopic (exact) mass is 665 g/mol. The van der Waals surface area contributed by atoms with E-state index in [0.717, 1.165) is 70.6 Å². The van der Waals surface area contributed by atoms with Crippen molar-refractivity contribution in [2.45, 2.75) is 219 Å². The van der Waals surface area contributed by atoms with Crippen LogP contribution < -0.4 is 0 Å². The fraction of sp³-hybridized carbons (Fsp3) is 0.878. The maximum Gasteiger partial charge on any atom is 0.306 e. The standard InChI is InChI=1S/C41H76O6/c1-4-7-10-13-15-17-19-20-22-23-25-28-31-34-40(43)46-37-38(36-45-39(42)33-30-27-12-9-6-3)47-41(44)35-32-29-26-24-21-18-16-14-11-8-5-2/h17,19,38H,4-16,18,20-37H2,1-3H3/b19-17-. The third-order valence-electron chi connectivity index (χ3n) is 8.77. The highest BCUT2D eigenvalue weighted by atomic mass is 16.6. The van der Waals surface area contributed by atoms with Gasteiger partial charge in [-0.15, -0.1) is 0 Å². The molecule has 6 heteroatoms. The van der Waals surface area contributed by atoms with Gasteiger partial charge in [0.15, 0.2) is 6.10 Å². The van der Waals surface area contributed by atoms with E-state index in [1.54, 1.807) is 0 Å². The smallest absolute Gasteiger partial charge is 0.306 e. The number of unbranched alkanes of at least 4 members (excludes halogenated alkanes) is 23. The van der Waals surface area contributed by atoms with Crippen LogP contribution in [0, 0.1) is 0 Å². The summed E-state index contributed by atoms with van der Waals surface area (Å²) in [5.74, 6) is -0.893. The Hall–Kier alpha value is -1.85. The topological polar surface area (TPSA) is 78.9 Å². The van der Waals surface area contributed by atoms with Crippen LogP contribution in [0.1, 0.15) is 213 Å². The van der Waals surface area contributed by atoms with Crippen molar-refractivity contribution >= 4 is 17.9 Å². The van der Waals surface area contributed by atoms with Crippen molar-refractivity contribution in [3.05, 3.63) is 12.2 Å². The zero-order valence-electron chi connectivity index (χ0n) is 31.3. The largest absolute Gasteiger partial charge is 0.462 e. The summed E-state index contributed by atoms with van der Waals surface area (Å²) < 4.78 is 16.5. The first-order valence-corrected chi connectivity index (χ1v) is 20.2. The zero-order valence-corrected chi connectivity index (χ0v) is 31.3. The van der Waals surface area contributed by atoms with Gasteiger partial charge in [-0.1, -0.05) is 161 Å². The number of ether oxygens (including phenoxy) is 3. The first-order valence-electron chi connectivity index (χ1n) is 20.2. The maximum atomic E-state index is 12.6. The third kappa shape index (κ3) is 35.3. The first kappa shape index (κ1) is 45.2. The molecule has 0 N–H and O–H groups in total. The van der Waals surface area contributed by atoms with Crippen LogP contribution in [0.2, 0.25) is 0 Å². The number of hydrogen-bond donors (Lipinski definition) is 0. The molecule has 0 aliphatic heterocycles. The number of allylic oxidation sites excluding steroid dienone is 2. The average molecular weight is 665 g/mol. The van der Waals surface area contributed by atoms with Crippen LogP contribution in [0.5, 0.6) is 0 Å². The second-order valence-electron chi connectivity index (χ2n) is 13.6. The first-order chi connectivity index (χ1) is 23.0. The molecule has 276 valence electrons. The lowest BCUT2D eigenvalue weighted by Gasteiger charge is -2.18. The highest BCUT2D eigenvalue weighted by molar-refractivity contribution is 5.71.